The van der Waals surface area contributed by atoms with Crippen molar-refractivity contribution in [2.24, 2.45) is 7.05 Å². The molecule has 0 radical (unpaired) electrons. The van der Waals surface area contributed by atoms with Gasteiger partial charge in [-0.25, -0.2) is 4.57 Å². The normalized spacial score (nSPS) is 12.7. The van der Waals surface area contributed by atoms with Gasteiger partial charge in [0.15, 0.2) is 6.20 Å². The van der Waals surface area contributed by atoms with E-state index in [1.54, 1.807) is 24.4 Å². The lowest BCUT2D eigenvalue weighted by Gasteiger charge is -2.17. The zero-order valence-electron chi connectivity index (χ0n) is 18.8. The quantitative estimate of drug-likeness (QED) is 0.133. The predicted molar refractivity (Wildman–Crippen MR) is 132 cm³/mol. The smallest absolute Gasteiger partial charge is 0.306 e. The van der Waals surface area contributed by atoms with Gasteiger partial charge in [-0.15, -0.1) is 0 Å². The second kappa shape index (κ2) is 6.39. The molecule has 0 bridgehead atoms. The number of hydrogen-bond donors (Lipinski definition) is 0. The van der Waals surface area contributed by atoms with E-state index in [9.17, 15) is 18.4 Å². The number of rotatable bonds is 0. The summed E-state index contributed by atoms with van der Waals surface area (Å²) in [6.45, 7) is 2.03. The summed E-state index contributed by atoms with van der Waals surface area (Å²) in [5, 5.41) is 15.0. The van der Waals surface area contributed by atoms with Crippen molar-refractivity contribution in [3.8, 4) is 6.07 Å². The summed E-state index contributed by atoms with van der Waals surface area (Å²) in [5.41, 5.74) is 3.43. The lowest BCUT2D eigenvalue weighted by Crippen LogP contribution is -2.29. The first kappa shape index (κ1) is 20.0. The highest BCUT2D eigenvalue weighted by Crippen LogP contribution is 2.47. The van der Waals surface area contributed by atoms with Gasteiger partial charge in [0, 0.05) is 22.2 Å². The van der Waals surface area contributed by atoms with Gasteiger partial charge in [-0.05, 0) is 35.4 Å². The van der Waals surface area contributed by atoms with Gasteiger partial charge in [0.25, 0.3) is 0 Å². The molecule has 0 N–H and O–H groups in total. The number of para-hydroxylation sites is 1. The van der Waals surface area contributed by atoms with Gasteiger partial charge in [0.1, 0.15) is 13.1 Å². The molecule has 0 fully saturated rings. The van der Waals surface area contributed by atoms with Gasteiger partial charge >= 0.3 is 6.18 Å². The van der Waals surface area contributed by atoms with Crippen LogP contribution in [0.25, 0.3) is 59.8 Å². The Hall–Kier alpha value is -4.37. The van der Waals surface area contributed by atoms with Crippen molar-refractivity contribution >= 4 is 59.8 Å². The fourth-order valence-corrected chi connectivity index (χ4v) is 5.99. The van der Waals surface area contributed by atoms with Gasteiger partial charge in [-0.3, -0.25) is 0 Å². The molecule has 0 atom stereocenters. The van der Waals surface area contributed by atoms with Crippen LogP contribution in [0.4, 0.5) is 13.2 Å². The molecule has 3 heterocycles. The van der Waals surface area contributed by atoms with E-state index in [1.807, 2.05) is 59.3 Å². The number of halogens is 3. The Morgan fingerprint density at radius 2 is 1.54 bits per heavy atom. The van der Waals surface area contributed by atoms with E-state index >= 15 is 0 Å². The molecule has 0 aliphatic heterocycles. The van der Waals surface area contributed by atoms with E-state index in [1.165, 1.54) is 6.07 Å². The maximum absolute atomic E-state index is 14.4. The van der Waals surface area contributed by atoms with E-state index in [2.05, 4.69) is 6.07 Å². The van der Waals surface area contributed by atoms with Crippen molar-refractivity contribution in [2.75, 3.05) is 0 Å². The SMILES string of the molecule is Cc1c2ccccc2c(C#N)c2c1c1c3c(cc[n+]1C)cc(C(F)(F)F)c1c4ccccc4n2c13. The standard InChI is InChI=1S/C29H17F3N3/c1-15-17-7-3-4-8-18(17)20(14-33)26-23(15)27-24-16(11-12-34(27)2)13-21(29(30,31)32)25-19-9-5-6-10-22(19)35(26)28(24)25/h3-13H,1-2H3/q+1. The number of nitriles is 1. The summed E-state index contributed by atoms with van der Waals surface area (Å²) in [6.07, 6.45) is -2.73. The van der Waals surface area contributed by atoms with Gasteiger partial charge in [0.2, 0.25) is 5.52 Å². The Morgan fingerprint density at radius 3 is 2.26 bits per heavy atom. The minimum atomic E-state index is -4.53. The fraction of sp³-hybridized carbons (Fsp3) is 0.103. The zero-order valence-corrected chi connectivity index (χ0v) is 18.8. The van der Waals surface area contributed by atoms with Gasteiger partial charge < -0.3 is 4.40 Å². The summed E-state index contributed by atoms with van der Waals surface area (Å²) < 4.78 is 47.1. The molecule has 4 aromatic carbocycles. The van der Waals surface area contributed by atoms with E-state index in [0.717, 1.165) is 32.6 Å². The molecule has 0 amide bonds. The molecule has 35 heavy (non-hydrogen) atoms. The Kier molecular flexibility index (Phi) is 3.66. The first-order chi connectivity index (χ1) is 16.8. The van der Waals surface area contributed by atoms with Crippen LogP contribution < -0.4 is 4.57 Å². The highest BCUT2D eigenvalue weighted by molar-refractivity contribution is 6.30. The molecular formula is C29H17F3N3+. The van der Waals surface area contributed by atoms with Gasteiger partial charge in [-0.1, -0.05) is 42.5 Å². The topological polar surface area (TPSA) is 32.1 Å². The number of hydrogen-bond acceptors (Lipinski definition) is 1. The minimum Gasteiger partial charge on any atom is -0.306 e. The third-order valence-electron chi connectivity index (χ3n) is 7.36. The molecule has 0 aliphatic carbocycles. The molecule has 0 saturated heterocycles. The largest absolute Gasteiger partial charge is 0.417 e. The summed E-state index contributed by atoms with van der Waals surface area (Å²) in [6, 6.07) is 20.3. The van der Waals surface area contributed by atoms with Crippen molar-refractivity contribution in [3.05, 3.63) is 83.6 Å². The predicted octanol–water partition coefficient (Wildman–Crippen LogP) is 7.17. The Balaban J connectivity index is 2.01. The summed E-state index contributed by atoms with van der Waals surface area (Å²) in [5.74, 6) is 0. The van der Waals surface area contributed by atoms with Crippen LogP contribution in [-0.2, 0) is 13.2 Å². The third kappa shape index (κ3) is 2.33. The number of fused-ring (bicyclic) bond motifs is 7. The molecule has 7 rings (SSSR count). The van der Waals surface area contributed by atoms with Crippen molar-refractivity contribution < 1.29 is 17.7 Å². The second-order valence-corrected chi connectivity index (χ2v) is 9.12. The zero-order chi connectivity index (χ0) is 24.2. The summed E-state index contributed by atoms with van der Waals surface area (Å²) in [4.78, 5) is 0. The fourth-order valence-electron chi connectivity index (χ4n) is 5.99. The van der Waals surface area contributed by atoms with E-state index in [4.69, 9.17) is 0 Å². The van der Waals surface area contributed by atoms with Gasteiger partial charge in [-0.2, -0.15) is 18.4 Å². The van der Waals surface area contributed by atoms with Crippen LogP contribution in [0.5, 0.6) is 0 Å². The molecule has 3 nitrogen and oxygen atoms in total. The van der Waals surface area contributed by atoms with E-state index in [-0.39, 0.29) is 5.39 Å². The van der Waals surface area contributed by atoms with Crippen LogP contribution in [0, 0.1) is 18.3 Å². The Labute approximate surface area is 197 Å². The molecule has 6 heteroatoms. The van der Waals surface area contributed by atoms with E-state index in [0.29, 0.717) is 32.9 Å². The lowest BCUT2D eigenvalue weighted by molar-refractivity contribution is -0.643. The van der Waals surface area contributed by atoms with Crippen LogP contribution >= 0.6 is 0 Å². The summed E-state index contributed by atoms with van der Waals surface area (Å²) in [7, 11) is 1.90. The number of aromatic nitrogens is 2. The van der Waals surface area contributed by atoms with Crippen LogP contribution in [0.3, 0.4) is 0 Å². The molecule has 7 aromatic rings. The first-order valence-corrected chi connectivity index (χ1v) is 11.2. The average Bonchev–Trinajstić information content (AvgIpc) is 3.19. The van der Waals surface area contributed by atoms with Crippen LogP contribution in [0.15, 0.2) is 66.9 Å². The monoisotopic (exact) mass is 464 g/mol. The molecule has 3 aromatic heterocycles. The molecule has 0 aliphatic rings. The Bertz CT molecular complexity index is 2070. The van der Waals surface area contributed by atoms with Crippen LogP contribution in [0.2, 0.25) is 0 Å². The maximum Gasteiger partial charge on any atom is 0.417 e. The van der Waals surface area contributed by atoms with Crippen molar-refractivity contribution in [3.63, 3.8) is 0 Å². The highest BCUT2D eigenvalue weighted by Gasteiger charge is 2.37. The van der Waals surface area contributed by atoms with Crippen LogP contribution in [-0.4, -0.2) is 4.40 Å². The Morgan fingerprint density at radius 1 is 0.857 bits per heavy atom. The second-order valence-electron chi connectivity index (χ2n) is 9.12. The number of alkyl halides is 3. The summed E-state index contributed by atoms with van der Waals surface area (Å²) >= 11 is 0. The minimum absolute atomic E-state index is 0.174. The average molecular weight is 464 g/mol. The molecule has 0 spiro atoms. The van der Waals surface area contributed by atoms with E-state index < -0.39 is 11.7 Å². The molecule has 168 valence electrons. The molecular weight excluding hydrogens is 447 g/mol. The van der Waals surface area contributed by atoms with Crippen LogP contribution in [0.1, 0.15) is 16.7 Å². The molecule has 0 saturated carbocycles. The van der Waals surface area contributed by atoms with Crippen molar-refractivity contribution in [2.45, 2.75) is 13.1 Å². The third-order valence-corrected chi connectivity index (χ3v) is 7.36. The van der Waals surface area contributed by atoms with Crippen molar-refractivity contribution in [1.82, 2.24) is 4.40 Å². The van der Waals surface area contributed by atoms with Gasteiger partial charge in [0.05, 0.1) is 38.4 Å². The number of aryl methyl sites for hydroxylation is 2. The number of pyridine rings is 2. The number of benzene rings is 4. The van der Waals surface area contributed by atoms with Crippen molar-refractivity contribution in [1.29, 1.82) is 5.26 Å². The number of nitrogens with zero attached hydrogens (tertiary/aromatic N) is 3. The highest BCUT2D eigenvalue weighted by atomic mass is 19.4. The maximum atomic E-state index is 14.4. The first-order valence-electron chi connectivity index (χ1n) is 11.2. The lowest BCUT2D eigenvalue weighted by atomic mass is 9.92. The molecule has 0 unspecified atom stereocenters.